The highest BCUT2D eigenvalue weighted by Gasteiger charge is 2.22. The number of piperidine rings is 1. The van der Waals surface area contributed by atoms with E-state index in [1.165, 1.54) is 6.07 Å². The van der Waals surface area contributed by atoms with Gasteiger partial charge in [-0.05, 0) is 40.7 Å². The van der Waals surface area contributed by atoms with Gasteiger partial charge in [-0.1, -0.05) is 20.8 Å². The van der Waals surface area contributed by atoms with Crippen molar-refractivity contribution in [3.8, 4) is 0 Å². The highest BCUT2D eigenvalue weighted by molar-refractivity contribution is 5.46. The van der Waals surface area contributed by atoms with Crippen molar-refractivity contribution in [2.24, 2.45) is 5.41 Å². The van der Waals surface area contributed by atoms with Crippen LogP contribution in [0.25, 0.3) is 0 Å². The first-order valence-electron chi connectivity index (χ1n) is 8.51. The second-order valence-electron chi connectivity index (χ2n) is 7.72. The van der Waals surface area contributed by atoms with Gasteiger partial charge in [-0.15, -0.1) is 0 Å². The minimum absolute atomic E-state index is 0.122. The van der Waals surface area contributed by atoms with Gasteiger partial charge in [-0.25, -0.2) is 0 Å². The van der Waals surface area contributed by atoms with Crippen molar-refractivity contribution in [2.45, 2.75) is 52.2 Å². The maximum Gasteiger partial charge on any atom is 0.363 e. The fourth-order valence-electron chi connectivity index (χ4n) is 3.10. The van der Waals surface area contributed by atoms with Gasteiger partial charge >= 0.3 is 5.82 Å². The summed E-state index contributed by atoms with van der Waals surface area (Å²) in [6.45, 7) is 8.78. The maximum absolute atomic E-state index is 10.6. The molecular formula is C17H28N4O3. The summed E-state index contributed by atoms with van der Waals surface area (Å²) in [6.07, 6.45) is 4.01. The predicted molar refractivity (Wildman–Crippen MR) is 94.2 cm³/mol. The first-order valence-corrected chi connectivity index (χ1v) is 8.51. The Labute approximate surface area is 143 Å². The number of aliphatic hydroxyl groups is 1. The average molecular weight is 336 g/mol. The molecule has 1 atom stereocenters. The molecule has 0 aliphatic carbocycles. The van der Waals surface area contributed by atoms with Gasteiger partial charge < -0.3 is 25.4 Å². The van der Waals surface area contributed by atoms with Crippen LogP contribution in [0.3, 0.4) is 0 Å². The fraction of sp³-hybridized carbons (Fsp3) is 0.706. The Balaban J connectivity index is 1.76. The SMILES string of the molecule is CC(C)(C)C[C@H](O)CNC1CCN(c2ccc([N+](=O)[O-])nc2)CC1. The third kappa shape index (κ3) is 5.72. The van der Waals surface area contributed by atoms with E-state index in [-0.39, 0.29) is 17.3 Å². The largest absolute Gasteiger partial charge is 0.392 e. The van der Waals surface area contributed by atoms with Crippen LogP contribution in [-0.2, 0) is 0 Å². The van der Waals surface area contributed by atoms with Gasteiger partial charge in [0.05, 0.1) is 11.8 Å². The molecule has 1 aliphatic rings. The summed E-state index contributed by atoms with van der Waals surface area (Å²) in [5, 5.41) is 24.2. The third-order valence-corrected chi connectivity index (χ3v) is 4.27. The number of nitrogens with zero attached hydrogens (tertiary/aromatic N) is 3. The quantitative estimate of drug-likeness (QED) is 0.612. The lowest BCUT2D eigenvalue weighted by molar-refractivity contribution is -0.389. The number of nitro groups is 1. The smallest absolute Gasteiger partial charge is 0.363 e. The highest BCUT2D eigenvalue weighted by Crippen LogP contribution is 2.22. The van der Waals surface area contributed by atoms with E-state index in [1.54, 1.807) is 12.3 Å². The van der Waals surface area contributed by atoms with Crippen molar-refractivity contribution >= 4 is 11.5 Å². The lowest BCUT2D eigenvalue weighted by atomic mass is 9.89. The van der Waals surface area contributed by atoms with Crippen molar-refractivity contribution in [3.63, 3.8) is 0 Å². The van der Waals surface area contributed by atoms with Crippen molar-refractivity contribution in [2.75, 3.05) is 24.5 Å². The van der Waals surface area contributed by atoms with Gasteiger partial charge in [0.2, 0.25) is 0 Å². The molecule has 1 aliphatic heterocycles. The molecule has 0 amide bonds. The van der Waals surface area contributed by atoms with Crippen LogP contribution in [0.4, 0.5) is 11.5 Å². The van der Waals surface area contributed by atoms with Crippen LogP contribution in [0.1, 0.15) is 40.0 Å². The molecule has 1 fully saturated rings. The first kappa shape index (κ1) is 18.6. The van der Waals surface area contributed by atoms with Crippen LogP contribution in [0.5, 0.6) is 0 Å². The summed E-state index contributed by atoms with van der Waals surface area (Å²) in [5.74, 6) is -0.122. The molecule has 2 heterocycles. The molecule has 0 aromatic carbocycles. The lowest BCUT2D eigenvalue weighted by Crippen LogP contribution is -2.45. The number of anilines is 1. The van der Waals surface area contributed by atoms with Crippen molar-refractivity contribution < 1.29 is 10.0 Å². The molecular weight excluding hydrogens is 308 g/mol. The van der Waals surface area contributed by atoms with Crippen molar-refractivity contribution in [1.82, 2.24) is 10.3 Å². The Morgan fingerprint density at radius 1 is 1.42 bits per heavy atom. The minimum atomic E-state index is -0.483. The molecule has 0 radical (unpaired) electrons. The molecule has 0 saturated carbocycles. The number of hydrogen-bond donors (Lipinski definition) is 2. The van der Waals surface area contributed by atoms with E-state index >= 15 is 0 Å². The van der Waals surface area contributed by atoms with Crippen LogP contribution in [0.2, 0.25) is 0 Å². The molecule has 1 aromatic heterocycles. The normalized spacial score (nSPS) is 17.8. The lowest BCUT2D eigenvalue weighted by Gasteiger charge is -2.34. The minimum Gasteiger partial charge on any atom is -0.392 e. The summed E-state index contributed by atoms with van der Waals surface area (Å²) in [6, 6.07) is 3.61. The number of aliphatic hydroxyl groups excluding tert-OH is 1. The van der Waals surface area contributed by atoms with E-state index in [0.29, 0.717) is 12.6 Å². The predicted octanol–water partition coefficient (Wildman–Crippen LogP) is 2.35. The summed E-state index contributed by atoms with van der Waals surface area (Å²) < 4.78 is 0. The number of hydrogen-bond acceptors (Lipinski definition) is 6. The van der Waals surface area contributed by atoms with E-state index in [0.717, 1.165) is 38.0 Å². The summed E-state index contributed by atoms with van der Waals surface area (Å²) in [4.78, 5) is 16.2. The number of rotatable bonds is 6. The van der Waals surface area contributed by atoms with Crippen molar-refractivity contribution in [1.29, 1.82) is 0 Å². The summed E-state index contributed by atoms with van der Waals surface area (Å²) in [5.41, 5.74) is 1.06. The van der Waals surface area contributed by atoms with E-state index in [9.17, 15) is 15.2 Å². The Morgan fingerprint density at radius 3 is 2.58 bits per heavy atom. The number of nitrogens with one attached hydrogen (secondary N) is 1. The standard InChI is InChI=1S/C17H28N4O3/c1-17(2,3)10-15(22)12-18-13-6-8-20(9-7-13)14-4-5-16(19-11-14)21(23)24/h4-5,11,13,15,18,22H,6-10,12H2,1-3H3/t15-/m0/s1. The van der Waals surface area contributed by atoms with E-state index in [1.807, 2.05) is 0 Å². The van der Waals surface area contributed by atoms with Crippen LogP contribution in [0.15, 0.2) is 18.3 Å². The molecule has 2 rings (SSSR count). The molecule has 7 heteroatoms. The monoisotopic (exact) mass is 336 g/mol. The summed E-state index contributed by atoms with van der Waals surface area (Å²) >= 11 is 0. The molecule has 0 unspecified atom stereocenters. The molecule has 2 N–H and O–H groups in total. The molecule has 1 aromatic rings. The maximum atomic E-state index is 10.6. The van der Waals surface area contributed by atoms with Crippen LogP contribution < -0.4 is 10.2 Å². The zero-order valence-corrected chi connectivity index (χ0v) is 14.7. The van der Waals surface area contributed by atoms with Gasteiger partial charge in [-0.3, -0.25) is 0 Å². The van der Waals surface area contributed by atoms with E-state index in [2.05, 4.69) is 36.0 Å². The molecule has 134 valence electrons. The van der Waals surface area contributed by atoms with Crippen LogP contribution in [0, 0.1) is 15.5 Å². The Morgan fingerprint density at radius 2 is 2.08 bits per heavy atom. The fourth-order valence-corrected chi connectivity index (χ4v) is 3.10. The van der Waals surface area contributed by atoms with Gasteiger partial charge in [0.15, 0.2) is 6.20 Å². The zero-order valence-electron chi connectivity index (χ0n) is 14.7. The van der Waals surface area contributed by atoms with Gasteiger partial charge in [-0.2, -0.15) is 0 Å². The molecule has 24 heavy (non-hydrogen) atoms. The van der Waals surface area contributed by atoms with E-state index < -0.39 is 4.92 Å². The van der Waals surface area contributed by atoms with Gasteiger partial charge in [0.1, 0.15) is 0 Å². The summed E-state index contributed by atoms with van der Waals surface area (Å²) in [7, 11) is 0. The molecule has 1 saturated heterocycles. The number of aromatic nitrogens is 1. The van der Waals surface area contributed by atoms with Gasteiger partial charge in [0.25, 0.3) is 0 Å². The first-order chi connectivity index (χ1) is 11.2. The second-order valence-corrected chi connectivity index (χ2v) is 7.72. The van der Waals surface area contributed by atoms with Crippen LogP contribution in [-0.4, -0.2) is 46.8 Å². The Hall–Kier alpha value is -1.73. The van der Waals surface area contributed by atoms with Gasteiger partial charge in [0, 0.05) is 31.7 Å². The molecule has 0 bridgehead atoms. The second kappa shape index (κ2) is 7.90. The topological polar surface area (TPSA) is 91.5 Å². The highest BCUT2D eigenvalue weighted by atomic mass is 16.6. The van der Waals surface area contributed by atoms with Crippen molar-refractivity contribution in [3.05, 3.63) is 28.4 Å². The van der Waals surface area contributed by atoms with Crippen LogP contribution >= 0.6 is 0 Å². The Bertz CT molecular complexity index is 534. The van der Waals surface area contributed by atoms with E-state index in [4.69, 9.17) is 0 Å². The molecule has 0 spiro atoms. The third-order valence-electron chi connectivity index (χ3n) is 4.27. The Kier molecular flexibility index (Phi) is 6.12. The molecule has 7 nitrogen and oxygen atoms in total. The number of pyridine rings is 1. The zero-order chi connectivity index (χ0) is 17.7. The average Bonchev–Trinajstić information content (AvgIpc) is 2.52.